The molecule has 5 nitrogen and oxygen atoms in total. The predicted octanol–water partition coefficient (Wildman–Crippen LogP) is 1.25. The maximum absolute atomic E-state index is 10.3. The van der Waals surface area contributed by atoms with Gasteiger partial charge in [-0.3, -0.25) is 0 Å². The molecule has 1 atom stereocenters. The Morgan fingerprint density at radius 3 is 2.81 bits per heavy atom. The molecule has 1 heterocycles. The maximum Gasteiger partial charge on any atom is 0.165 e. The van der Waals surface area contributed by atoms with Gasteiger partial charge in [0.05, 0.1) is 18.8 Å². The highest BCUT2D eigenvalue weighted by atomic mass is 16.5. The zero-order valence-electron chi connectivity index (χ0n) is 13.2. The molecule has 0 aromatic heterocycles. The van der Waals surface area contributed by atoms with Gasteiger partial charge >= 0.3 is 0 Å². The number of ether oxygens (including phenoxy) is 2. The highest BCUT2D eigenvalue weighted by Crippen LogP contribution is 2.33. The van der Waals surface area contributed by atoms with Gasteiger partial charge in [0, 0.05) is 31.6 Å². The van der Waals surface area contributed by atoms with Crippen LogP contribution in [0, 0.1) is 0 Å². The molecule has 0 amide bonds. The van der Waals surface area contributed by atoms with E-state index in [-0.39, 0.29) is 0 Å². The third kappa shape index (κ3) is 4.88. The van der Waals surface area contributed by atoms with Crippen LogP contribution >= 0.6 is 0 Å². The van der Waals surface area contributed by atoms with Crippen molar-refractivity contribution in [1.82, 2.24) is 10.2 Å². The number of benzene rings is 1. The zero-order chi connectivity index (χ0) is 15.3. The van der Waals surface area contributed by atoms with Crippen molar-refractivity contribution in [2.75, 3.05) is 40.4 Å². The van der Waals surface area contributed by atoms with Gasteiger partial charge < -0.3 is 24.8 Å². The van der Waals surface area contributed by atoms with Crippen molar-refractivity contribution >= 4 is 0 Å². The first-order chi connectivity index (χ1) is 9.98. The highest BCUT2D eigenvalue weighted by Gasteiger charge is 2.21. The number of hydrogen-bond donors (Lipinski definition) is 2. The van der Waals surface area contributed by atoms with Crippen molar-refractivity contribution in [3.05, 3.63) is 23.8 Å². The lowest BCUT2D eigenvalue weighted by Gasteiger charge is -2.27. The number of nitrogens with one attached hydrogen (secondary N) is 1. The Morgan fingerprint density at radius 2 is 2.05 bits per heavy atom. The van der Waals surface area contributed by atoms with E-state index in [1.54, 1.807) is 0 Å². The number of nitrogens with zero attached hydrogens (tertiary/aromatic N) is 1. The van der Waals surface area contributed by atoms with Crippen LogP contribution in [0.2, 0.25) is 0 Å². The van der Waals surface area contributed by atoms with Gasteiger partial charge in [-0.2, -0.15) is 0 Å². The van der Waals surface area contributed by atoms with E-state index in [1.165, 1.54) is 0 Å². The highest BCUT2D eigenvalue weighted by molar-refractivity contribution is 5.47. The number of para-hydroxylation sites is 1. The molecular formula is C16H26N2O3. The summed E-state index contributed by atoms with van der Waals surface area (Å²) in [6.07, 6.45) is 0.902. The fourth-order valence-corrected chi connectivity index (χ4v) is 2.60. The van der Waals surface area contributed by atoms with Crippen LogP contribution < -0.4 is 14.8 Å². The normalized spacial score (nSPS) is 17.4. The van der Waals surface area contributed by atoms with Crippen molar-refractivity contribution in [2.24, 2.45) is 0 Å². The van der Waals surface area contributed by atoms with Crippen LogP contribution in [0.25, 0.3) is 0 Å². The Balaban J connectivity index is 1.95. The molecule has 0 fully saturated rings. The summed E-state index contributed by atoms with van der Waals surface area (Å²) in [4.78, 5) is 1.98. The molecule has 1 unspecified atom stereocenters. The number of rotatable bonds is 6. The standard InChI is InChI=1S/C16H26N2O3/c1-16(19,12-18(2)3)11-17-10-13-6-4-7-14-15(13)21-9-5-8-20-14/h4,6-7,17,19H,5,8-12H2,1-3H3. The molecule has 0 bridgehead atoms. The molecule has 2 rings (SSSR count). The first-order valence-electron chi connectivity index (χ1n) is 7.43. The van der Waals surface area contributed by atoms with Crippen LogP contribution in [0.5, 0.6) is 11.5 Å². The van der Waals surface area contributed by atoms with E-state index in [9.17, 15) is 5.11 Å². The second-order valence-corrected chi connectivity index (χ2v) is 6.13. The average molecular weight is 294 g/mol. The molecule has 21 heavy (non-hydrogen) atoms. The summed E-state index contributed by atoms with van der Waals surface area (Å²) in [6.45, 7) is 5.01. The van der Waals surface area contributed by atoms with Gasteiger partial charge in [-0.05, 0) is 27.1 Å². The summed E-state index contributed by atoms with van der Waals surface area (Å²) in [7, 11) is 3.91. The van der Waals surface area contributed by atoms with E-state index >= 15 is 0 Å². The first-order valence-corrected chi connectivity index (χ1v) is 7.43. The van der Waals surface area contributed by atoms with Crippen molar-refractivity contribution < 1.29 is 14.6 Å². The molecule has 1 aromatic carbocycles. The monoisotopic (exact) mass is 294 g/mol. The summed E-state index contributed by atoms with van der Waals surface area (Å²) in [5, 5.41) is 13.6. The van der Waals surface area contributed by atoms with E-state index in [0.717, 1.165) is 23.5 Å². The number of hydrogen-bond acceptors (Lipinski definition) is 5. The minimum Gasteiger partial charge on any atom is -0.490 e. The van der Waals surface area contributed by atoms with E-state index in [2.05, 4.69) is 5.32 Å². The molecule has 0 saturated heterocycles. The van der Waals surface area contributed by atoms with Crippen LogP contribution in [0.15, 0.2) is 18.2 Å². The fraction of sp³-hybridized carbons (Fsp3) is 0.625. The molecule has 2 N–H and O–H groups in total. The Labute approximate surface area is 126 Å². The second kappa shape index (κ2) is 7.11. The Hall–Kier alpha value is -1.30. The summed E-state index contributed by atoms with van der Waals surface area (Å²) >= 11 is 0. The molecule has 0 aliphatic carbocycles. The van der Waals surface area contributed by atoms with Crippen LogP contribution in [0.1, 0.15) is 18.9 Å². The zero-order valence-corrected chi connectivity index (χ0v) is 13.2. The average Bonchev–Trinajstić information content (AvgIpc) is 2.62. The van der Waals surface area contributed by atoms with Gasteiger partial charge in [-0.15, -0.1) is 0 Å². The van der Waals surface area contributed by atoms with Gasteiger partial charge in [0.25, 0.3) is 0 Å². The van der Waals surface area contributed by atoms with Crippen LogP contribution in [-0.2, 0) is 6.54 Å². The molecule has 0 spiro atoms. The molecule has 0 saturated carbocycles. The summed E-state index contributed by atoms with van der Waals surface area (Å²) in [6, 6.07) is 5.94. The molecule has 5 heteroatoms. The van der Waals surface area contributed by atoms with Gasteiger partial charge in [0.1, 0.15) is 0 Å². The van der Waals surface area contributed by atoms with Gasteiger partial charge in [0.15, 0.2) is 11.5 Å². The predicted molar refractivity (Wildman–Crippen MR) is 82.9 cm³/mol. The molecule has 1 aromatic rings. The third-order valence-corrected chi connectivity index (χ3v) is 3.33. The largest absolute Gasteiger partial charge is 0.490 e. The Morgan fingerprint density at radius 1 is 1.29 bits per heavy atom. The smallest absolute Gasteiger partial charge is 0.165 e. The minimum atomic E-state index is -0.757. The molecule has 0 radical (unpaired) electrons. The number of likely N-dealkylation sites (N-methyl/N-ethyl adjacent to an activating group) is 1. The van der Waals surface area contributed by atoms with Gasteiger partial charge in [0.2, 0.25) is 0 Å². The number of aliphatic hydroxyl groups is 1. The lowest BCUT2D eigenvalue weighted by atomic mass is 10.1. The molecular weight excluding hydrogens is 268 g/mol. The Bertz CT molecular complexity index is 461. The van der Waals surface area contributed by atoms with Crippen LogP contribution in [0.3, 0.4) is 0 Å². The fourth-order valence-electron chi connectivity index (χ4n) is 2.60. The number of fused-ring (bicyclic) bond motifs is 1. The summed E-state index contributed by atoms with van der Waals surface area (Å²) < 4.78 is 11.5. The van der Waals surface area contributed by atoms with E-state index < -0.39 is 5.60 Å². The lowest BCUT2D eigenvalue weighted by Crippen LogP contribution is -2.45. The third-order valence-electron chi connectivity index (χ3n) is 3.33. The second-order valence-electron chi connectivity index (χ2n) is 6.13. The lowest BCUT2D eigenvalue weighted by molar-refractivity contribution is 0.0335. The Kier molecular flexibility index (Phi) is 5.45. The van der Waals surface area contributed by atoms with Crippen molar-refractivity contribution in [3.63, 3.8) is 0 Å². The SMILES string of the molecule is CN(C)CC(C)(O)CNCc1cccc2c1OCCCO2. The van der Waals surface area contributed by atoms with Gasteiger partial charge in [-0.25, -0.2) is 0 Å². The van der Waals surface area contributed by atoms with E-state index in [0.29, 0.717) is 32.8 Å². The van der Waals surface area contributed by atoms with Crippen LogP contribution in [0.4, 0.5) is 0 Å². The first kappa shape index (κ1) is 16.1. The molecule has 1 aliphatic rings. The minimum absolute atomic E-state index is 0.524. The van der Waals surface area contributed by atoms with Crippen molar-refractivity contribution in [1.29, 1.82) is 0 Å². The maximum atomic E-state index is 10.3. The molecule has 118 valence electrons. The van der Waals surface area contributed by atoms with Gasteiger partial charge in [-0.1, -0.05) is 12.1 Å². The van der Waals surface area contributed by atoms with Crippen LogP contribution in [-0.4, -0.2) is 56.0 Å². The van der Waals surface area contributed by atoms with Crippen molar-refractivity contribution in [3.8, 4) is 11.5 Å². The summed E-state index contributed by atoms with van der Waals surface area (Å²) in [5.41, 5.74) is 0.308. The molecule has 1 aliphatic heterocycles. The van der Waals surface area contributed by atoms with E-state index in [4.69, 9.17) is 9.47 Å². The van der Waals surface area contributed by atoms with Crippen molar-refractivity contribution in [2.45, 2.75) is 25.5 Å². The van der Waals surface area contributed by atoms with E-state index in [1.807, 2.05) is 44.1 Å². The quantitative estimate of drug-likeness (QED) is 0.827. The summed E-state index contributed by atoms with van der Waals surface area (Å²) in [5.74, 6) is 1.64. The topological polar surface area (TPSA) is 54.0 Å².